The fraction of sp³-hybridized carbons (Fsp3) is 0.0556. The number of fused-ring (bicyclic) bond motifs is 1. The van der Waals surface area contributed by atoms with Crippen molar-refractivity contribution in [3.8, 4) is 0 Å². The van der Waals surface area contributed by atoms with Gasteiger partial charge in [0.25, 0.3) is 0 Å². The van der Waals surface area contributed by atoms with Crippen molar-refractivity contribution < 1.29 is 0 Å². The van der Waals surface area contributed by atoms with Crippen LogP contribution in [0.2, 0.25) is 0 Å². The number of nitrogens with zero attached hydrogens (tertiary/aromatic N) is 3. The van der Waals surface area contributed by atoms with E-state index >= 15 is 0 Å². The van der Waals surface area contributed by atoms with Gasteiger partial charge in [0, 0.05) is 24.8 Å². The highest BCUT2D eigenvalue weighted by molar-refractivity contribution is 7.18. The van der Waals surface area contributed by atoms with E-state index in [4.69, 9.17) is 0 Å². The van der Waals surface area contributed by atoms with E-state index in [1.54, 1.807) is 36.1 Å². The van der Waals surface area contributed by atoms with Gasteiger partial charge in [0.15, 0.2) is 0 Å². The van der Waals surface area contributed by atoms with Crippen LogP contribution in [-0.2, 0) is 0 Å². The molecule has 0 saturated carbocycles. The van der Waals surface area contributed by atoms with Crippen molar-refractivity contribution >= 4 is 21.6 Å². The maximum absolute atomic E-state index is 4.33. The minimum atomic E-state index is 1.12. The molecule has 4 heteroatoms. The summed E-state index contributed by atoms with van der Waals surface area (Å²) in [6.45, 7) is 2.03. The van der Waals surface area contributed by atoms with Crippen molar-refractivity contribution in [1.82, 2.24) is 15.0 Å². The van der Waals surface area contributed by atoms with Gasteiger partial charge in [0.05, 0.1) is 15.2 Å². The summed E-state index contributed by atoms with van der Waals surface area (Å²) in [5.74, 6) is 0. The number of thiazole rings is 1. The first kappa shape index (κ1) is 15.8. The van der Waals surface area contributed by atoms with Gasteiger partial charge in [-0.25, -0.2) is 4.98 Å². The first-order chi connectivity index (χ1) is 10.9. The van der Waals surface area contributed by atoms with Crippen LogP contribution in [0.4, 0.5) is 0 Å². The Morgan fingerprint density at radius 2 is 1.23 bits per heavy atom. The predicted octanol–water partition coefficient (Wildman–Crippen LogP) is 4.77. The lowest BCUT2D eigenvalue weighted by atomic mass is 10.3. The van der Waals surface area contributed by atoms with E-state index in [1.807, 2.05) is 61.5 Å². The highest BCUT2D eigenvalue weighted by Crippen LogP contribution is 2.19. The van der Waals surface area contributed by atoms with E-state index in [9.17, 15) is 0 Å². The van der Waals surface area contributed by atoms with Crippen LogP contribution in [0.15, 0.2) is 85.5 Å². The molecule has 0 N–H and O–H groups in total. The van der Waals surface area contributed by atoms with E-state index in [-0.39, 0.29) is 0 Å². The van der Waals surface area contributed by atoms with Gasteiger partial charge in [0.2, 0.25) is 0 Å². The molecule has 110 valence electrons. The molecule has 3 nitrogen and oxygen atoms in total. The van der Waals surface area contributed by atoms with Crippen molar-refractivity contribution in [3.05, 3.63) is 90.5 Å². The highest BCUT2D eigenvalue weighted by Gasteiger charge is 1.95. The van der Waals surface area contributed by atoms with Crippen LogP contribution in [0, 0.1) is 6.92 Å². The summed E-state index contributed by atoms with van der Waals surface area (Å²) in [4.78, 5) is 11.9. The molecule has 0 saturated heterocycles. The molecule has 0 bridgehead atoms. The molecular weight excluding hydrogens is 290 g/mol. The zero-order valence-electron chi connectivity index (χ0n) is 12.3. The van der Waals surface area contributed by atoms with Crippen LogP contribution in [-0.4, -0.2) is 15.0 Å². The van der Waals surface area contributed by atoms with E-state index in [2.05, 4.69) is 21.0 Å². The predicted molar refractivity (Wildman–Crippen MR) is 92.8 cm³/mol. The number of hydrogen-bond donors (Lipinski definition) is 0. The Hall–Kier alpha value is -2.59. The molecule has 0 unspecified atom stereocenters. The summed E-state index contributed by atoms with van der Waals surface area (Å²) in [5.41, 5.74) is 1.12. The number of benzene rings is 1. The molecular formula is C18H17N3S. The fourth-order valence-corrected chi connectivity index (χ4v) is 2.44. The summed E-state index contributed by atoms with van der Waals surface area (Å²) in [6.07, 6.45) is 7.00. The van der Waals surface area contributed by atoms with Crippen LogP contribution in [0.5, 0.6) is 0 Å². The van der Waals surface area contributed by atoms with E-state index in [0.29, 0.717) is 0 Å². The van der Waals surface area contributed by atoms with Crippen molar-refractivity contribution in [1.29, 1.82) is 0 Å². The Balaban J connectivity index is 0.000000128. The molecule has 4 rings (SSSR count). The fourth-order valence-electron chi connectivity index (χ4n) is 1.61. The Kier molecular flexibility index (Phi) is 6.72. The third-order valence-electron chi connectivity index (χ3n) is 2.53. The molecule has 0 spiro atoms. The lowest BCUT2D eigenvalue weighted by Crippen LogP contribution is -1.65. The summed E-state index contributed by atoms with van der Waals surface area (Å²) in [5, 5.41) is 1.14. The van der Waals surface area contributed by atoms with Gasteiger partial charge in [0.1, 0.15) is 0 Å². The zero-order chi connectivity index (χ0) is 15.5. The number of aromatic nitrogens is 3. The van der Waals surface area contributed by atoms with E-state index in [0.717, 1.165) is 10.5 Å². The first-order valence-electron chi connectivity index (χ1n) is 6.88. The topological polar surface area (TPSA) is 38.7 Å². The molecule has 3 heterocycles. The Labute approximate surface area is 134 Å². The maximum Gasteiger partial charge on any atom is 0.0907 e. The molecule has 0 radical (unpaired) electrons. The van der Waals surface area contributed by atoms with Gasteiger partial charge in [-0.1, -0.05) is 24.3 Å². The molecule has 22 heavy (non-hydrogen) atoms. The van der Waals surface area contributed by atoms with Gasteiger partial charge < -0.3 is 0 Å². The summed E-state index contributed by atoms with van der Waals surface area (Å²) in [7, 11) is 0. The van der Waals surface area contributed by atoms with Crippen LogP contribution in [0.25, 0.3) is 10.2 Å². The number of para-hydroxylation sites is 1. The SMILES string of the molecule is Cc1nc2ccccc2s1.c1ccncc1.c1ccncc1. The lowest BCUT2D eigenvalue weighted by Gasteiger charge is -1.80. The van der Waals surface area contributed by atoms with Crippen LogP contribution in [0.3, 0.4) is 0 Å². The Morgan fingerprint density at radius 1 is 0.682 bits per heavy atom. The standard InChI is InChI=1S/C8H7NS.2C5H5N/c1-6-9-7-4-2-3-5-8(7)10-6;2*1-2-4-6-5-3-1/h2-5H,1H3;2*1-5H. The maximum atomic E-state index is 4.33. The molecule has 0 amide bonds. The van der Waals surface area contributed by atoms with Gasteiger partial charge in [-0.15, -0.1) is 11.3 Å². The quantitative estimate of drug-likeness (QED) is 0.470. The molecule has 0 atom stereocenters. The normalized spacial score (nSPS) is 9.14. The second-order valence-electron chi connectivity index (χ2n) is 4.25. The third-order valence-corrected chi connectivity index (χ3v) is 3.49. The molecule has 3 aromatic heterocycles. The average Bonchev–Trinajstić information content (AvgIpc) is 2.99. The number of pyridine rings is 2. The minimum absolute atomic E-state index is 1.12. The van der Waals surface area contributed by atoms with Gasteiger partial charge >= 0.3 is 0 Å². The van der Waals surface area contributed by atoms with E-state index < -0.39 is 0 Å². The number of rotatable bonds is 0. The van der Waals surface area contributed by atoms with Gasteiger partial charge in [-0.2, -0.15) is 0 Å². The zero-order valence-corrected chi connectivity index (χ0v) is 13.1. The monoisotopic (exact) mass is 307 g/mol. The van der Waals surface area contributed by atoms with Crippen molar-refractivity contribution in [2.75, 3.05) is 0 Å². The first-order valence-corrected chi connectivity index (χ1v) is 7.70. The summed E-state index contributed by atoms with van der Waals surface area (Å²) >= 11 is 1.74. The second-order valence-corrected chi connectivity index (χ2v) is 5.48. The van der Waals surface area contributed by atoms with Crippen molar-refractivity contribution in [3.63, 3.8) is 0 Å². The molecule has 0 fully saturated rings. The van der Waals surface area contributed by atoms with Crippen LogP contribution in [0.1, 0.15) is 5.01 Å². The third kappa shape index (κ3) is 5.81. The van der Waals surface area contributed by atoms with Gasteiger partial charge in [-0.3, -0.25) is 9.97 Å². The van der Waals surface area contributed by atoms with Crippen molar-refractivity contribution in [2.24, 2.45) is 0 Å². The smallest absolute Gasteiger partial charge is 0.0907 e. The molecule has 4 aromatic rings. The average molecular weight is 307 g/mol. The largest absolute Gasteiger partial charge is 0.265 e. The molecule has 0 aliphatic rings. The molecule has 0 aliphatic carbocycles. The highest BCUT2D eigenvalue weighted by atomic mass is 32.1. The lowest BCUT2D eigenvalue weighted by molar-refractivity contribution is 1.33. The number of aryl methyl sites for hydroxylation is 1. The Morgan fingerprint density at radius 3 is 1.64 bits per heavy atom. The summed E-state index contributed by atoms with van der Waals surface area (Å²) in [6, 6.07) is 19.6. The molecule has 0 aliphatic heterocycles. The van der Waals surface area contributed by atoms with Crippen LogP contribution < -0.4 is 0 Å². The minimum Gasteiger partial charge on any atom is -0.265 e. The second kappa shape index (κ2) is 9.37. The Bertz CT molecular complexity index is 637. The summed E-state index contributed by atoms with van der Waals surface area (Å²) < 4.78 is 1.28. The van der Waals surface area contributed by atoms with Gasteiger partial charge in [-0.05, 0) is 43.3 Å². The molecule has 1 aromatic carbocycles. The number of hydrogen-bond acceptors (Lipinski definition) is 4. The van der Waals surface area contributed by atoms with Crippen molar-refractivity contribution in [2.45, 2.75) is 6.92 Å². The van der Waals surface area contributed by atoms with E-state index in [1.165, 1.54) is 4.70 Å². The van der Waals surface area contributed by atoms with Crippen LogP contribution >= 0.6 is 11.3 Å².